The maximum atomic E-state index is 11.7. The van der Waals surface area contributed by atoms with Gasteiger partial charge in [-0.1, -0.05) is 37.5 Å². The molecule has 23 heavy (non-hydrogen) atoms. The van der Waals surface area contributed by atoms with Crippen LogP contribution in [-0.4, -0.2) is 24.4 Å². The Morgan fingerprint density at radius 1 is 1.00 bits per heavy atom. The van der Waals surface area contributed by atoms with Gasteiger partial charge in [-0.3, -0.25) is 25.2 Å². The number of nitrogens with one attached hydrogen (secondary N) is 2. The zero-order valence-corrected chi connectivity index (χ0v) is 13.0. The van der Waals surface area contributed by atoms with Gasteiger partial charge in [0.2, 0.25) is 0 Å². The van der Waals surface area contributed by atoms with E-state index in [2.05, 4.69) is 10.9 Å². The second kappa shape index (κ2) is 8.92. The zero-order valence-electron chi connectivity index (χ0n) is 13.0. The maximum absolute atomic E-state index is 11.7. The van der Waals surface area contributed by atoms with E-state index in [9.17, 15) is 14.4 Å². The minimum Gasteiger partial charge on any atom is -0.455 e. The molecular weight excluding hydrogens is 296 g/mol. The summed E-state index contributed by atoms with van der Waals surface area (Å²) in [6, 6.07) is 8.51. The minimum atomic E-state index is -0.564. The number of benzene rings is 1. The molecule has 0 spiro atoms. The smallest absolute Gasteiger partial charge is 0.306 e. The summed E-state index contributed by atoms with van der Waals surface area (Å²) < 4.78 is 4.94. The Morgan fingerprint density at radius 2 is 1.70 bits per heavy atom. The van der Waals surface area contributed by atoms with Crippen LogP contribution in [0, 0.1) is 5.92 Å². The first-order valence-electron chi connectivity index (χ1n) is 7.95. The van der Waals surface area contributed by atoms with E-state index in [0.29, 0.717) is 17.9 Å². The standard InChI is InChI=1S/C17H22N2O4/c20-15(18-19-17(22)14-9-5-2-6-10-14)12-23-16(21)11-13-7-3-1-4-8-13/h2,5-6,9-10,13H,1,3-4,7-8,11-12H2,(H,18,20)(H,19,22). The van der Waals surface area contributed by atoms with Gasteiger partial charge in [-0.15, -0.1) is 0 Å². The fourth-order valence-corrected chi connectivity index (χ4v) is 2.66. The Hall–Kier alpha value is -2.37. The first-order valence-corrected chi connectivity index (χ1v) is 7.95. The molecule has 1 aliphatic carbocycles. The molecule has 1 saturated carbocycles. The van der Waals surface area contributed by atoms with Gasteiger partial charge in [0.15, 0.2) is 6.61 Å². The zero-order chi connectivity index (χ0) is 16.5. The predicted octanol–water partition coefficient (Wildman–Crippen LogP) is 1.96. The van der Waals surface area contributed by atoms with Gasteiger partial charge in [-0.25, -0.2) is 0 Å². The molecule has 2 N–H and O–H groups in total. The lowest BCUT2D eigenvalue weighted by Crippen LogP contribution is -2.43. The van der Waals surface area contributed by atoms with Crippen molar-refractivity contribution in [2.45, 2.75) is 38.5 Å². The van der Waals surface area contributed by atoms with Crippen molar-refractivity contribution in [1.82, 2.24) is 10.9 Å². The molecule has 2 amide bonds. The number of rotatable bonds is 5. The van der Waals surface area contributed by atoms with Gasteiger partial charge in [-0.2, -0.15) is 0 Å². The highest BCUT2D eigenvalue weighted by Gasteiger charge is 2.18. The van der Waals surface area contributed by atoms with E-state index < -0.39 is 11.8 Å². The van der Waals surface area contributed by atoms with Crippen LogP contribution in [0.15, 0.2) is 30.3 Å². The fraction of sp³-hybridized carbons (Fsp3) is 0.471. The monoisotopic (exact) mass is 318 g/mol. The van der Waals surface area contributed by atoms with Crippen LogP contribution in [0.25, 0.3) is 0 Å². The Kier molecular flexibility index (Phi) is 6.59. The van der Waals surface area contributed by atoms with Crippen molar-refractivity contribution in [2.75, 3.05) is 6.61 Å². The lowest BCUT2D eigenvalue weighted by molar-refractivity contribution is -0.149. The van der Waals surface area contributed by atoms with Crippen molar-refractivity contribution in [3.63, 3.8) is 0 Å². The van der Waals surface area contributed by atoms with Crippen LogP contribution in [0.1, 0.15) is 48.9 Å². The second-order valence-corrected chi connectivity index (χ2v) is 5.74. The number of hydrogen-bond acceptors (Lipinski definition) is 4. The molecule has 1 aliphatic rings. The highest BCUT2D eigenvalue weighted by molar-refractivity contribution is 5.95. The highest BCUT2D eigenvalue weighted by Crippen LogP contribution is 2.26. The number of esters is 1. The molecule has 6 heteroatoms. The van der Waals surface area contributed by atoms with Gasteiger partial charge in [0.25, 0.3) is 11.8 Å². The van der Waals surface area contributed by atoms with E-state index in [0.717, 1.165) is 25.7 Å². The number of carbonyl (C=O) groups excluding carboxylic acids is 3. The van der Waals surface area contributed by atoms with Crippen molar-refractivity contribution in [2.24, 2.45) is 5.92 Å². The molecule has 6 nitrogen and oxygen atoms in total. The Bertz CT molecular complexity index is 539. The molecule has 1 fully saturated rings. The molecule has 0 bridgehead atoms. The number of hydrogen-bond donors (Lipinski definition) is 2. The normalized spacial score (nSPS) is 14.8. The Labute approximate surface area is 135 Å². The molecule has 1 aromatic carbocycles. The van der Waals surface area contributed by atoms with Crippen molar-refractivity contribution in [3.05, 3.63) is 35.9 Å². The summed E-state index contributed by atoms with van der Waals surface area (Å²) in [7, 11) is 0. The molecular formula is C17H22N2O4. The number of carbonyl (C=O) groups is 3. The molecule has 0 unspecified atom stereocenters. The van der Waals surface area contributed by atoms with Crippen LogP contribution in [0.2, 0.25) is 0 Å². The summed E-state index contributed by atoms with van der Waals surface area (Å²) in [6.07, 6.45) is 6.01. The summed E-state index contributed by atoms with van der Waals surface area (Å²) in [5.41, 5.74) is 4.93. The molecule has 0 radical (unpaired) electrons. The third kappa shape index (κ3) is 6.10. The lowest BCUT2D eigenvalue weighted by Gasteiger charge is -2.20. The molecule has 0 saturated heterocycles. The van der Waals surface area contributed by atoms with E-state index in [-0.39, 0.29) is 12.6 Å². The topological polar surface area (TPSA) is 84.5 Å². The van der Waals surface area contributed by atoms with Gasteiger partial charge in [-0.05, 0) is 30.9 Å². The van der Waals surface area contributed by atoms with E-state index in [1.54, 1.807) is 30.3 Å². The minimum absolute atomic E-state index is 0.360. The van der Waals surface area contributed by atoms with Gasteiger partial charge in [0.1, 0.15) is 0 Å². The molecule has 0 atom stereocenters. The van der Waals surface area contributed by atoms with Gasteiger partial charge >= 0.3 is 5.97 Å². The molecule has 124 valence electrons. The first kappa shape index (κ1) is 17.0. The molecule has 0 aromatic heterocycles. The van der Waals surface area contributed by atoms with E-state index >= 15 is 0 Å². The van der Waals surface area contributed by atoms with Crippen molar-refractivity contribution in [1.29, 1.82) is 0 Å². The molecule has 0 aliphatic heterocycles. The number of ether oxygens (including phenoxy) is 1. The van der Waals surface area contributed by atoms with Crippen LogP contribution in [0.5, 0.6) is 0 Å². The third-order valence-electron chi connectivity index (χ3n) is 3.90. The highest BCUT2D eigenvalue weighted by atomic mass is 16.5. The average Bonchev–Trinajstić information content (AvgIpc) is 2.59. The number of hydrazine groups is 1. The van der Waals surface area contributed by atoms with Crippen LogP contribution < -0.4 is 10.9 Å². The van der Waals surface area contributed by atoms with Gasteiger partial charge < -0.3 is 4.74 Å². The van der Waals surface area contributed by atoms with Crippen LogP contribution in [-0.2, 0) is 14.3 Å². The molecule has 1 aromatic rings. The van der Waals surface area contributed by atoms with E-state index in [1.807, 2.05) is 0 Å². The van der Waals surface area contributed by atoms with Crippen molar-refractivity contribution in [3.8, 4) is 0 Å². The average molecular weight is 318 g/mol. The van der Waals surface area contributed by atoms with Crippen molar-refractivity contribution >= 4 is 17.8 Å². The maximum Gasteiger partial charge on any atom is 0.306 e. The van der Waals surface area contributed by atoms with Crippen LogP contribution in [0.4, 0.5) is 0 Å². The third-order valence-corrected chi connectivity index (χ3v) is 3.90. The fourth-order valence-electron chi connectivity index (χ4n) is 2.66. The first-order chi connectivity index (χ1) is 11.1. The summed E-state index contributed by atoms with van der Waals surface area (Å²) in [6.45, 7) is -0.388. The summed E-state index contributed by atoms with van der Waals surface area (Å²) in [4.78, 5) is 35.0. The number of amides is 2. The quantitative estimate of drug-likeness (QED) is 0.642. The molecule has 2 rings (SSSR count). The summed E-state index contributed by atoms with van der Waals surface area (Å²) in [5, 5.41) is 0. The largest absolute Gasteiger partial charge is 0.455 e. The predicted molar refractivity (Wildman–Crippen MR) is 84.2 cm³/mol. The van der Waals surface area contributed by atoms with Gasteiger partial charge in [0.05, 0.1) is 0 Å². The van der Waals surface area contributed by atoms with E-state index in [4.69, 9.17) is 4.74 Å². The van der Waals surface area contributed by atoms with E-state index in [1.165, 1.54) is 6.42 Å². The summed E-state index contributed by atoms with van der Waals surface area (Å²) >= 11 is 0. The Morgan fingerprint density at radius 3 is 2.39 bits per heavy atom. The van der Waals surface area contributed by atoms with Crippen molar-refractivity contribution < 1.29 is 19.1 Å². The summed E-state index contributed by atoms with van der Waals surface area (Å²) in [5.74, 6) is -0.975. The van der Waals surface area contributed by atoms with Crippen LogP contribution >= 0.6 is 0 Å². The van der Waals surface area contributed by atoms with Crippen LogP contribution in [0.3, 0.4) is 0 Å². The second-order valence-electron chi connectivity index (χ2n) is 5.74. The SMILES string of the molecule is O=C(COC(=O)CC1CCCCC1)NNC(=O)c1ccccc1. The lowest BCUT2D eigenvalue weighted by atomic mass is 9.87. The van der Waals surface area contributed by atoms with Gasteiger partial charge in [0, 0.05) is 12.0 Å². The Balaban J connectivity index is 1.62. The molecule has 0 heterocycles.